The first-order chi connectivity index (χ1) is 8.70. The van der Waals surface area contributed by atoms with Crippen LogP contribution in [-0.2, 0) is 16.0 Å². The van der Waals surface area contributed by atoms with Crippen molar-refractivity contribution in [3.8, 4) is 0 Å². The zero-order valence-corrected chi connectivity index (χ0v) is 10.2. The quantitative estimate of drug-likeness (QED) is 0.737. The van der Waals surface area contributed by atoms with E-state index in [2.05, 4.69) is 5.32 Å². The summed E-state index contributed by atoms with van der Waals surface area (Å²) >= 11 is 0. The fraction of sp³-hybridized carbons (Fsp3) is 0.385. The zero-order valence-electron chi connectivity index (χ0n) is 10.2. The largest absolute Gasteiger partial charge is 0.353 e. The third-order valence-electron chi connectivity index (χ3n) is 2.93. The number of carbonyl (C=O) groups excluding carboxylic acids is 2. The highest BCUT2D eigenvalue weighted by Gasteiger charge is 2.23. The predicted molar refractivity (Wildman–Crippen MR) is 69.2 cm³/mol. The van der Waals surface area contributed by atoms with E-state index >= 15 is 0 Å². The van der Waals surface area contributed by atoms with Gasteiger partial charge in [0.05, 0.1) is 13.1 Å². The van der Waals surface area contributed by atoms with Crippen molar-refractivity contribution in [1.82, 2.24) is 5.32 Å². The molecule has 3 N–H and O–H groups in total. The summed E-state index contributed by atoms with van der Waals surface area (Å²) in [6, 6.07) is 7.83. The van der Waals surface area contributed by atoms with Gasteiger partial charge in [-0.3, -0.25) is 14.9 Å². The summed E-state index contributed by atoms with van der Waals surface area (Å²) in [7, 11) is 0. The molecule has 1 aliphatic heterocycles. The molecule has 0 bridgehead atoms. The Balaban J connectivity index is 2.20. The minimum absolute atomic E-state index is 0.228. The van der Waals surface area contributed by atoms with Gasteiger partial charge in [0.25, 0.3) is 0 Å². The minimum atomic E-state index is -0.250. The lowest BCUT2D eigenvalue weighted by Crippen LogP contribution is -2.51. The van der Waals surface area contributed by atoms with Crippen molar-refractivity contribution < 1.29 is 9.59 Å². The number of para-hydroxylation sites is 1. The maximum absolute atomic E-state index is 11.4. The van der Waals surface area contributed by atoms with Crippen LogP contribution in [0.1, 0.15) is 12.0 Å². The van der Waals surface area contributed by atoms with Crippen molar-refractivity contribution in [2.45, 2.75) is 12.8 Å². The average molecular weight is 247 g/mol. The summed E-state index contributed by atoms with van der Waals surface area (Å²) in [6.07, 6.45) is 1.75. The van der Waals surface area contributed by atoms with Crippen LogP contribution in [0.3, 0.4) is 0 Å². The van der Waals surface area contributed by atoms with E-state index in [-0.39, 0.29) is 24.9 Å². The number of nitrogens with two attached hydrogens (primary N) is 1. The van der Waals surface area contributed by atoms with Crippen LogP contribution in [0.15, 0.2) is 24.3 Å². The van der Waals surface area contributed by atoms with Crippen LogP contribution in [0.4, 0.5) is 5.69 Å². The lowest BCUT2D eigenvalue weighted by atomic mass is 10.1. The number of nitrogens with zero attached hydrogens (tertiary/aromatic N) is 1. The molecule has 0 unspecified atom stereocenters. The summed E-state index contributed by atoms with van der Waals surface area (Å²) in [6.45, 7) is 1.09. The van der Waals surface area contributed by atoms with Gasteiger partial charge >= 0.3 is 0 Å². The van der Waals surface area contributed by atoms with E-state index in [1.54, 1.807) is 0 Å². The highest BCUT2D eigenvalue weighted by molar-refractivity contribution is 6.02. The van der Waals surface area contributed by atoms with Crippen molar-refractivity contribution in [2.75, 3.05) is 24.5 Å². The number of anilines is 1. The molecule has 0 spiro atoms. The second kappa shape index (κ2) is 5.64. The summed E-state index contributed by atoms with van der Waals surface area (Å²) < 4.78 is 0. The molecule has 1 saturated heterocycles. The topological polar surface area (TPSA) is 75.4 Å². The molecule has 5 heteroatoms. The Morgan fingerprint density at radius 1 is 1.17 bits per heavy atom. The molecule has 1 fully saturated rings. The third-order valence-corrected chi connectivity index (χ3v) is 2.93. The van der Waals surface area contributed by atoms with Gasteiger partial charge in [0, 0.05) is 5.69 Å². The van der Waals surface area contributed by atoms with Crippen LogP contribution in [0.25, 0.3) is 0 Å². The van der Waals surface area contributed by atoms with E-state index in [0.29, 0.717) is 6.54 Å². The second-order valence-corrected chi connectivity index (χ2v) is 4.35. The smallest absolute Gasteiger partial charge is 0.246 e. The van der Waals surface area contributed by atoms with Gasteiger partial charge in [-0.2, -0.15) is 0 Å². The Hall–Kier alpha value is -1.88. The first kappa shape index (κ1) is 12.6. The Morgan fingerprint density at radius 3 is 2.50 bits per heavy atom. The Bertz CT molecular complexity index is 443. The van der Waals surface area contributed by atoms with Gasteiger partial charge in [0.1, 0.15) is 0 Å². The standard InChI is InChI=1S/C13H17N3O2/c14-7-3-5-10-4-1-2-6-11(10)16-8-12(17)15-13(18)9-16/h1-2,4,6H,3,5,7-9,14H2,(H,15,17,18). The summed E-state index contributed by atoms with van der Waals surface area (Å²) in [5, 5.41) is 2.30. The Morgan fingerprint density at radius 2 is 1.83 bits per heavy atom. The lowest BCUT2D eigenvalue weighted by molar-refractivity contribution is -0.130. The van der Waals surface area contributed by atoms with E-state index < -0.39 is 0 Å². The van der Waals surface area contributed by atoms with Crippen LogP contribution in [-0.4, -0.2) is 31.4 Å². The van der Waals surface area contributed by atoms with E-state index in [0.717, 1.165) is 24.1 Å². The normalized spacial score (nSPS) is 15.7. The van der Waals surface area contributed by atoms with Crippen molar-refractivity contribution >= 4 is 17.5 Å². The Kier molecular flexibility index (Phi) is 3.94. The highest BCUT2D eigenvalue weighted by atomic mass is 16.2. The molecule has 0 aromatic heterocycles. The molecule has 18 heavy (non-hydrogen) atoms. The van der Waals surface area contributed by atoms with E-state index in [1.165, 1.54) is 0 Å². The average Bonchev–Trinajstić information content (AvgIpc) is 2.35. The third kappa shape index (κ3) is 2.87. The van der Waals surface area contributed by atoms with Gasteiger partial charge in [0.15, 0.2) is 0 Å². The fourth-order valence-electron chi connectivity index (χ4n) is 2.13. The number of rotatable bonds is 4. The molecule has 1 aromatic carbocycles. The number of benzene rings is 1. The maximum atomic E-state index is 11.4. The number of piperazine rings is 1. The molecule has 1 aliphatic rings. The maximum Gasteiger partial charge on any atom is 0.246 e. The molecule has 2 amide bonds. The number of imide groups is 1. The first-order valence-electron chi connectivity index (χ1n) is 6.06. The summed E-state index contributed by atoms with van der Waals surface area (Å²) in [5.74, 6) is -0.500. The van der Waals surface area contributed by atoms with Crippen molar-refractivity contribution in [1.29, 1.82) is 0 Å². The van der Waals surface area contributed by atoms with Crippen LogP contribution < -0.4 is 16.0 Å². The van der Waals surface area contributed by atoms with Gasteiger partial charge < -0.3 is 10.6 Å². The number of nitrogens with one attached hydrogen (secondary N) is 1. The molecular weight excluding hydrogens is 230 g/mol. The minimum Gasteiger partial charge on any atom is -0.353 e. The molecule has 0 radical (unpaired) electrons. The highest BCUT2D eigenvalue weighted by Crippen LogP contribution is 2.22. The van der Waals surface area contributed by atoms with Crippen LogP contribution in [0.2, 0.25) is 0 Å². The monoisotopic (exact) mass is 247 g/mol. The van der Waals surface area contributed by atoms with E-state index in [9.17, 15) is 9.59 Å². The number of carbonyl (C=O) groups is 2. The molecule has 0 aliphatic carbocycles. The molecule has 0 saturated carbocycles. The molecular formula is C13H17N3O2. The van der Waals surface area contributed by atoms with Gasteiger partial charge in [-0.25, -0.2) is 0 Å². The lowest BCUT2D eigenvalue weighted by Gasteiger charge is -2.29. The van der Waals surface area contributed by atoms with E-state index in [4.69, 9.17) is 5.73 Å². The summed E-state index contributed by atoms with van der Waals surface area (Å²) in [5.41, 5.74) is 7.60. The SMILES string of the molecule is NCCCc1ccccc1N1CC(=O)NC(=O)C1. The van der Waals surface area contributed by atoms with Gasteiger partial charge in [-0.05, 0) is 31.0 Å². The first-order valence-corrected chi connectivity index (χ1v) is 6.06. The molecule has 1 aromatic rings. The fourth-order valence-corrected chi connectivity index (χ4v) is 2.13. The number of hydrogen-bond donors (Lipinski definition) is 2. The number of hydrogen-bond acceptors (Lipinski definition) is 4. The van der Waals surface area contributed by atoms with Gasteiger partial charge in [0.2, 0.25) is 11.8 Å². The summed E-state index contributed by atoms with van der Waals surface area (Å²) in [4.78, 5) is 24.6. The second-order valence-electron chi connectivity index (χ2n) is 4.35. The molecule has 96 valence electrons. The van der Waals surface area contributed by atoms with E-state index in [1.807, 2.05) is 29.2 Å². The molecule has 2 rings (SSSR count). The Labute approximate surface area is 106 Å². The van der Waals surface area contributed by atoms with Crippen LogP contribution in [0, 0.1) is 0 Å². The molecule has 1 heterocycles. The van der Waals surface area contributed by atoms with Gasteiger partial charge in [-0.15, -0.1) is 0 Å². The molecule has 5 nitrogen and oxygen atoms in total. The van der Waals surface area contributed by atoms with Crippen molar-refractivity contribution in [3.63, 3.8) is 0 Å². The van der Waals surface area contributed by atoms with Gasteiger partial charge in [-0.1, -0.05) is 18.2 Å². The van der Waals surface area contributed by atoms with Crippen molar-refractivity contribution in [2.24, 2.45) is 5.73 Å². The molecule has 0 atom stereocenters. The van der Waals surface area contributed by atoms with Crippen LogP contribution in [0.5, 0.6) is 0 Å². The number of amides is 2. The predicted octanol–water partition coefficient (Wildman–Crippen LogP) is 0.0407. The van der Waals surface area contributed by atoms with Crippen molar-refractivity contribution in [3.05, 3.63) is 29.8 Å². The zero-order chi connectivity index (χ0) is 13.0. The van der Waals surface area contributed by atoms with Crippen LogP contribution >= 0.6 is 0 Å². The number of aryl methyl sites for hydroxylation is 1.